The Labute approximate surface area is 102 Å². The molecule has 0 atom stereocenters. The van der Waals surface area contributed by atoms with Gasteiger partial charge in [-0.1, -0.05) is 5.92 Å². The van der Waals surface area contributed by atoms with E-state index in [1.807, 2.05) is 22.6 Å². The number of phenols is 1. The number of nitrogens with zero attached hydrogens (tertiary/aromatic N) is 1. The fourth-order valence-electron chi connectivity index (χ4n) is 1.07. The van der Waals surface area contributed by atoms with E-state index < -0.39 is 0 Å². The Morgan fingerprint density at radius 1 is 1.67 bits per heavy atom. The molecule has 0 saturated carbocycles. The van der Waals surface area contributed by atoms with Gasteiger partial charge in [0.2, 0.25) is 0 Å². The monoisotopic (exact) mass is 315 g/mol. The van der Waals surface area contributed by atoms with Crippen LogP contribution >= 0.6 is 22.6 Å². The van der Waals surface area contributed by atoms with Crippen LogP contribution in [0.25, 0.3) is 0 Å². The molecular weight excluding hydrogens is 305 g/mol. The first-order chi connectivity index (χ1) is 7.06. The molecule has 0 heterocycles. The summed E-state index contributed by atoms with van der Waals surface area (Å²) in [6, 6.07) is 4.79. The number of hydrogen-bond donors (Lipinski definition) is 1. The summed E-state index contributed by atoms with van der Waals surface area (Å²) in [6.45, 7) is 0.256. The van der Waals surface area contributed by atoms with Gasteiger partial charge in [-0.05, 0) is 40.8 Å². The molecular formula is C11H10INO2. The molecule has 0 saturated heterocycles. The highest BCUT2D eigenvalue weighted by Crippen LogP contribution is 2.20. The third-order valence-electron chi connectivity index (χ3n) is 1.87. The lowest BCUT2D eigenvalue weighted by atomic mass is 10.2. The number of hydrogen-bond acceptors (Lipinski definition) is 2. The number of carbonyl (C=O) groups is 1. The van der Waals surface area contributed by atoms with Crippen LogP contribution in [0.4, 0.5) is 0 Å². The van der Waals surface area contributed by atoms with E-state index in [-0.39, 0.29) is 18.2 Å². The zero-order chi connectivity index (χ0) is 11.4. The lowest BCUT2D eigenvalue weighted by molar-refractivity contribution is 0.0812. The minimum Gasteiger partial charge on any atom is -0.507 e. The van der Waals surface area contributed by atoms with Gasteiger partial charge in [-0.25, -0.2) is 0 Å². The van der Waals surface area contributed by atoms with Crippen molar-refractivity contribution in [3.63, 3.8) is 0 Å². The summed E-state index contributed by atoms with van der Waals surface area (Å²) in [5.74, 6) is 2.30. The van der Waals surface area contributed by atoms with Crippen LogP contribution in [0.15, 0.2) is 18.2 Å². The number of amides is 1. The molecule has 0 unspecified atom stereocenters. The third-order valence-corrected chi connectivity index (χ3v) is 2.78. The summed E-state index contributed by atoms with van der Waals surface area (Å²) < 4.78 is 0.712. The maximum Gasteiger partial charge on any atom is 0.254 e. The van der Waals surface area contributed by atoms with Crippen molar-refractivity contribution in [3.8, 4) is 18.1 Å². The SMILES string of the molecule is C#CCN(C)C(=O)c1ccc(I)c(O)c1. The number of phenolic OH excluding ortho intramolecular Hbond substituents is 1. The molecule has 0 aromatic heterocycles. The number of terminal acetylenes is 1. The van der Waals surface area contributed by atoms with E-state index in [4.69, 9.17) is 6.42 Å². The zero-order valence-electron chi connectivity index (χ0n) is 8.20. The number of benzene rings is 1. The first-order valence-electron chi connectivity index (χ1n) is 4.23. The van der Waals surface area contributed by atoms with E-state index in [1.54, 1.807) is 19.2 Å². The molecule has 1 rings (SSSR count). The van der Waals surface area contributed by atoms with E-state index in [9.17, 15) is 9.90 Å². The molecule has 0 aliphatic heterocycles. The van der Waals surface area contributed by atoms with Crippen molar-refractivity contribution in [2.75, 3.05) is 13.6 Å². The van der Waals surface area contributed by atoms with Crippen LogP contribution in [0, 0.1) is 15.9 Å². The quantitative estimate of drug-likeness (QED) is 0.667. The second-order valence-corrected chi connectivity index (χ2v) is 4.19. The molecule has 1 aromatic rings. The fraction of sp³-hybridized carbons (Fsp3) is 0.182. The van der Waals surface area contributed by atoms with Gasteiger partial charge in [0, 0.05) is 12.6 Å². The topological polar surface area (TPSA) is 40.5 Å². The van der Waals surface area contributed by atoms with Crippen LogP contribution in [0.2, 0.25) is 0 Å². The van der Waals surface area contributed by atoms with Crippen molar-refractivity contribution in [3.05, 3.63) is 27.3 Å². The molecule has 0 aliphatic rings. The highest BCUT2D eigenvalue weighted by molar-refractivity contribution is 14.1. The lowest BCUT2D eigenvalue weighted by Gasteiger charge is -2.13. The van der Waals surface area contributed by atoms with Crippen LogP contribution in [0.3, 0.4) is 0 Å². The first-order valence-corrected chi connectivity index (χ1v) is 5.31. The Morgan fingerprint density at radius 2 is 2.33 bits per heavy atom. The summed E-state index contributed by atoms with van der Waals surface area (Å²) in [5, 5.41) is 9.44. The maximum atomic E-state index is 11.7. The second-order valence-electron chi connectivity index (χ2n) is 3.03. The molecule has 3 nitrogen and oxygen atoms in total. The molecule has 0 fully saturated rings. The van der Waals surface area contributed by atoms with Crippen molar-refractivity contribution in [2.24, 2.45) is 0 Å². The van der Waals surface area contributed by atoms with E-state index in [0.717, 1.165) is 0 Å². The Morgan fingerprint density at radius 3 is 2.87 bits per heavy atom. The van der Waals surface area contributed by atoms with Gasteiger partial charge in [0.05, 0.1) is 10.1 Å². The smallest absolute Gasteiger partial charge is 0.254 e. The number of carbonyl (C=O) groups excluding carboxylic acids is 1. The molecule has 4 heteroatoms. The van der Waals surface area contributed by atoms with Gasteiger partial charge >= 0.3 is 0 Å². The summed E-state index contributed by atoms with van der Waals surface area (Å²) in [4.78, 5) is 13.1. The Bertz CT molecular complexity index is 423. The van der Waals surface area contributed by atoms with Crippen LogP contribution in [-0.2, 0) is 0 Å². The first kappa shape index (κ1) is 11.9. The summed E-state index contributed by atoms with van der Waals surface area (Å²) >= 11 is 1.99. The number of halogens is 1. The van der Waals surface area contributed by atoms with Crippen molar-refractivity contribution in [1.29, 1.82) is 0 Å². The highest BCUT2D eigenvalue weighted by atomic mass is 127. The molecule has 78 valence electrons. The van der Waals surface area contributed by atoms with Crippen molar-refractivity contribution < 1.29 is 9.90 Å². The normalized spacial score (nSPS) is 9.40. The van der Waals surface area contributed by atoms with E-state index in [0.29, 0.717) is 9.13 Å². The highest BCUT2D eigenvalue weighted by Gasteiger charge is 2.11. The predicted octanol–water partition coefficient (Wildman–Crippen LogP) is 1.70. The van der Waals surface area contributed by atoms with Gasteiger partial charge < -0.3 is 10.0 Å². The number of rotatable bonds is 2. The van der Waals surface area contributed by atoms with Crippen LogP contribution in [0.1, 0.15) is 10.4 Å². The Hall–Kier alpha value is -1.22. The minimum atomic E-state index is -0.195. The average molecular weight is 315 g/mol. The summed E-state index contributed by atoms with van der Waals surface area (Å²) in [7, 11) is 1.62. The zero-order valence-corrected chi connectivity index (χ0v) is 10.4. The molecule has 1 N–H and O–H groups in total. The van der Waals surface area contributed by atoms with Crippen LogP contribution < -0.4 is 0 Å². The van der Waals surface area contributed by atoms with Gasteiger partial charge in [-0.2, -0.15) is 0 Å². The van der Waals surface area contributed by atoms with Crippen molar-refractivity contribution in [1.82, 2.24) is 4.90 Å². The largest absolute Gasteiger partial charge is 0.507 e. The molecule has 0 aliphatic carbocycles. The molecule has 0 bridgehead atoms. The second kappa shape index (κ2) is 5.03. The third kappa shape index (κ3) is 2.86. The number of aromatic hydroxyl groups is 1. The van der Waals surface area contributed by atoms with Crippen LogP contribution in [0.5, 0.6) is 5.75 Å². The Kier molecular flexibility index (Phi) is 3.97. The fourth-order valence-corrected chi connectivity index (χ4v) is 1.41. The van der Waals surface area contributed by atoms with E-state index in [2.05, 4.69) is 5.92 Å². The van der Waals surface area contributed by atoms with Gasteiger partial charge in [0.15, 0.2) is 0 Å². The molecule has 15 heavy (non-hydrogen) atoms. The predicted molar refractivity (Wildman–Crippen MR) is 66.6 cm³/mol. The minimum absolute atomic E-state index is 0.107. The summed E-state index contributed by atoms with van der Waals surface area (Å²) in [6.07, 6.45) is 5.10. The van der Waals surface area contributed by atoms with E-state index >= 15 is 0 Å². The maximum absolute atomic E-state index is 11.7. The van der Waals surface area contributed by atoms with Crippen molar-refractivity contribution in [2.45, 2.75) is 0 Å². The van der Waals surface area contributed by atoms with Crippen LogP contribution in [-0.4, -0.2) is 29.5 Å². The van der Waals surface area contributed by atoms with E-state index in [1.165, 1.54) is 11.0 Å². The molecule has 1 amide bonds. The van der Waals surface area contributed by atoms with Gasteiger partial charge in [0.25, 0.3) is 5.91 Å². The lowest BCUT2D eigenvalue weighted by Crippen LogP contribution is -2.26. The van der Waals surface area contributed by atoms with Gasteiger partial charge in [-0.3, -0.25) is 4.79 Å². The molecule has 0 spiro atoms. The summed E-state index contributed by atoms with van der Waals surface area (Å²) in [5.41, 5.74) is 0.436. The Balaban J connectivity index is 2.93. The molecule has 1 aromatic carbocycles. The molecule has 0 radical (unpaired) electrons. The van der Waals surface area contributed by atoms with Gasteiger partial charge in [-0.15, -0.1) is 6.42 Å². The van der Waals surface area contributed by atoms with Crippen molar-refractivity contribution >= 4 is 28.5 Å². The van der Waals surface area contributed by atoms with Gasteiger partial charge in [0.1, 0.15) is 5.75 Å². The standard InChI is InChI=1S/C11H10INO2/c1-3-6-13(2)11(15)8-4-5-9(12)10(14)7-8/h1,4-5,7,14H,6H2,2H3. The average Bonchev–Trinajstić information content (AvgIpc) is 2.21.